The van der Waals surface area contributed by atoms with E-state index in [1.165, 1.54) is 18.5 Å². The van der Waals surface area contributed by atoms with Gasteiger partial charge in [-0.15, -0.1) is 0 Å². The zero-order valence-corrected chi connectivity index (χ0v) is 14.5. The van der Waals surface area contributed by atoms with Crippen LogP contribution in [0.1, 0.15) is 24.2 Å². The van der Waals surface area contributed by atoms with E-state index in [1.807, 2.05) is 0 Å². The Kier molecular flexibility index (Phi) is 5.64. The number of hydrogen-bond donors (Lipinski definition) is 2. The molecule has 0 saturated carbocycles. The second kappa shape index (κ2) is 7.51. The number of amides is 2. The summed E-state index contributed by atoms with van der Waals surface area (Å²) in [5.74, 6) is -0.614. The topological polar surface area (TPSA) is 80.3 Å². The van der Waals surface area contributed by atoms with Crippen molar-refractivity contribution in [1.29, 1.82) is 0 Å². The molecule has 0 unspecified atom stereocenters. The molecular formula is C16H15Cl2N3O3. The fourth-order valence-electron chi connectivity index (χ4n) is 1.73. The number of aromatic nitrogens is 1. The molecule has 0 aliphatic carbocycles. The maximum atomic E-state index is 12.2. The van der Waals surface area contributed by atoms with Crippen molar-refractivity contribution in [2.75, 3.05) is 0 Å². The van der Waals surface area contributed by atoms with Crippen molar-refractivity contribution in [1.82, 2.24) is 15.8 Å². The number of nitrogens with one attached hydrogen (secondary N) is 2. The minimum Gasteiger partial charge on any atom is -0.478 e. The number of carbonyl (C=O) groups is 2. The van der Waals surface area contributed by atoms with E-state index in [2.05, 4.69) is 15.8 Å². The van der Waals surface area contributed by atoms with Gasteiger partial charge in [0.25, 0.3) is 11.8 Å². The SMILES string of the molecule is CC(C)(Oc1ccc(Cl)cc1)C(=O)NNC(=O)c1ccncc1Cl. The highest BCUT2D eigenvalue weighted by atomic mass is 35.5. The third-order valence-corrected chi connectivity index (χ3v) is 3.59. The zero-order valence-electron chi connectivity index (χ0n) is 13.0. The van der Waals surface area contributed by atoms with Gasteiger partial charge < -0.3 is 4.74 Å². The van der Waals surface area contributed by atoms with Gasteiger partial charge in [-0.25, -0.2) is 0 Å². The molecule has 0 radical (unpaired) electrons. The second-order valence-electron chi connectivity index (χ2n) is 5.33. The smallest absolute Gasteiger partial charge is 0.281 e. The van der Waals surface area contributed by atoms with E-state index in [0.717, 1.165) is 0 Å². The normalized spacial score (nSPS) is 10.8. The Bertz CT molecular complexity index is 748. The first-order valence-corrected chi connectivity index (χ1v) is 7.70. The number of ether oxygens (including phenoxy) is 1. The predicted octanol–water partition coefficient (Wildman–Crippen LogP) is 3.01. The van der Waals surface area contributed by atoms with Crippen molar-refractivity contribution >= 4 is 35.0 Å². The lowest BCUT2D eigenvalue weighted by Crippen LogP contribution is -2.53. The molecule has 0 spiro atoms. The van der Waals surface area contributed by atoms with Crippen LogP contribution in [0.15, 0.2) is 42.7 Å². The number of hydrazine groups is 1. The number of nitrogens with zero attached hydrogens (tertiary/aromatic N) is 1. The summed E-state index contributed by atoms with van der Waals surface area (Å²) in [6, 6.07) is 8.04. The minimum absolute atomic E-state index is 0.181. The molecule has 0 fully saturated rings. The lowest BCUT2D eigenvalue weighted by Gasteiger charge is -2.25. The highest BCUT2D eigenvalue weighted by Gasteiger charge is 2.30. The highest BCUT2D eigenvalue weighted by Crippen LogP contribution is 2.21. The highest BCUT2D eigenvalue weighted by molar-refractivity contribution is 6.33. The van der Waals surface area contributed by atoms with E-state index in [-0.39, 0.29) is 10.6 Å². The van der Waals surface area contributed by atoms with Gasteiger partial charge in [-0.1, -0.05) is 23.2 Å². The summed E-state index contributed by atoms with van der Waals surface area (Å²) < 4.78 is 5.62. The van der Waals surface area contributed by atoms with Gasteiger partial charge in [-0.3, -0.25) is 25.4 Å². The summed E-state index contributed by atoms with van der Waals surface area (Å²) in [5.41, 5.74) is 3.58. The molecule has 126 valence electrons. The van der Waals surface area contributed by atoms with Gasteiger partial charge >= 0.3 is 0 Å². The van der Waals surface area contributed by atoms with E-state index in [1.54, 1.807) is 38.1 Å². The number of benzene rings is 1. The molecule has 2 rings (SSSR count). The lowest BCUT2D eigenvalue weighted by molar-refractivity contribution is -0.135. The fourth-order valence-corrected chi connectivity index (χ4v) is 2.07. The predicted molar refractivity (Wildman–Crippen MR) is 91.0 cm³/mol. The van der Waals surface area contributed by atoms with E-state index in [9.17, 15) is 9.59 Å². The molecule has 2 aromatic rings. The molecule has 6 nitrogen and oxygen atoms in total. The van der Waals surface area contributed by atoms with Gasteiger partial charge in [0, 0.05) is 17.4 Å². The van der Waals surface area contributed by atoms with Gasteiger partial charge in [-0.05, 0) is 44.2 Å². The Balaban J connectivity index is 1.96. The number of carbonyl (C=O) groups excluding carboxylic acids is 2. The molecule has 0 bridgehead atoms. The summed E-state index contributed by atoms with van der Waals surface area (Å²) in [6.45, 7) is 3.14. The summed E-state index contributed by atoms with van der Waals surface area (Å²) in [4.78, 5) is 28.0. The Hall–Kier alpha value is -2.31. The van der Waals surface area contributed by atoms with Crippen molar-refractivity contribution in [3.8, 4) is 5.75 Å². The lowest BCUT2D eigenvalue weighted by atomic mass is 10.1. The van der Waals surface area contributed by atoms with Crippen LogP contribution in [0.25, 0.3) is 0 Å². The van der Waals surface area contributed by atoms with Crippen molar-refractivity contribution in [3.63, 3.8) is 0 Å². The molecule has 1 aromatic heterocycles. The van der Waals surface area contributed by atoms with E-state index in [0.29, 0.717) is 10.8 Å². The Morgan fingerprint density at radius 3 is 2.38 bits per heavy atom. The molecular weight excluding hydrogens is 353 g/mol. The minimum atomic E-state index is -1.22. The number of hydrogen-bond acceptors (Lipinski definition) is 4. The second-order valence-corrected chi connectivity index (χ2v) is 6.17. The maximum Gasteiger partial charge on any atom is 0.281 e. The van der Waals surface area contributed by atoms with Gasteiger partial charge in [0.1, 0.15) is 5.75 Å². The van der Waals surface area contributed by atoms with Crippen LogP contribution in [-0.4, -0.2) is 22.4 Å². The molecule has 2 amide bonds. The van der Waals surface area contributed by atoms with Crippen LogP contribution < -0.4 is 15.6 Å². The van der Waals surface area contributed by atoms with Crippen LogP contribution in [0, 0.1) is 0 Å². The van der Waals surface area contributed by atoms with Crippen LogP contribution in [-0.2, 0) is 4.79 Å². The average Bonchev–Trinajstić information content (AvgIpc) is 2.54. The largest absolute Gasteiger partial charge is 0.478 e. The summed E-state index contributed by atoms with van der Waals surface area (Å²) in [5, 5.41) is 0.743. The Labute approximate surface area is 149 Å². The number of halogens is 2. The molecule has 8 heteroatoms. The van der Waals surface area contributed by atoms with Crippen molar-refractivity contribution in [2.24, 2.45) is 0 Å². The van der Waals surface area contributed by atoms with Gasteiger partial charge in [0.15, 0.2) is 5.60 Å². The zero-order chi connectivity index (χ0) is 17.7. The Morgan fingerprint density at radius 2 is 1.75 bits per heavy atom. The quantitative estimate of drug-likeness (QED) is 0.813. The van der Waals surface area contributed by atoms with E-state index in [4.69, 9.17) is 27.9 Å². The first-order chi connectivity index (χ1) is 11.3. The third-order valence-electron chi connectivity index (χ3n) is 3.04. The third kappa shape index (κ3) is 4.59. The summed E-state index contributed by atoms with van der Waals surface area (Å²) in [6.07, 6.45) is 2.77. The van der Waals surface area contributed by atoms with Gasteiger partial charge in [0.2, 0.25) is 0 Å². The van der Waals surface area contributed by atoms with Crippen molar-refractivity contribution in [2.45, 2.75) is 19.4 Å². The molecule has 0 saturated heterocycles. The van der Waals surface area contributed by atoms with Crippen molar-refractivity contribution < 1.29 is 14.3 Å². The molecule has 24 heavy (non-hydrogen) atoms. The number of rotatable bonds is 4. The fraction of sp³-hybridized carbons (Fsp3) is 0.188. The summed E-state index contributed by atoms with van der Waals surface area (Å²) in [7, 11) is 0. The molecule has 1 heterocycles. The number of pyridine rings is 1. The van der Waals surface area contributed by atoms with E-state index >= 15 is 0 Å². The van der Waals surface area contributed by atoms with Crippen LogP contribution in [0.5, 0.6) is 5.75 Å². The van der Waals surface area contributed by atoms with Crippen LogP contribution in [0.2, 0.25) is 10.0 Å². The summed E-state index contributed by atoms with van der Waals surface area (Å²) >= 11 is 11.7. The van der Waals surface area contributed by atoms with Gasteiger partial charge in [0.05, 0.1) is 10.6 Å². The first kappa shape index (κ1) is 18.0. The average molecular weight is 368 g/mol. The molecule has 0 atom stereocenters. The Morgan fingerprint density at radius 1 is 1.08 bits per heavy atom. The maximum absolute atomic E-state index is 12.2. The van der Waals surface area contributed by atoms with Crippen LogP contribution in [0.4, 0.5) is 0 Å². The van der Waals surface area contributed by atoms with Crippen LogP contribution >= 0.6 is 23.2 Å². The molecule has 0 aliphatic heterocycles. The molecule has 0 aliphatic rings. The molecule has 2 N–H and O–H groups in total. The van der Waals surface area contributed by atoms with Gasteiger partial charge in [-0.2, -0.15) is 0 Å². The standard InChI is InChI=1S/C16H15Cl2N3O3/c1-16(2,24-11-5-3-10(17)4-6-11)15(23)21-20-14(22)12-7-8-19-9-13(12)18/h3-9H,1-2H3,(H,20,22)(H,21,23). The first-order valence-electron chi connectivity index (χ1n) is 6.94. The van der Waals surface area contributed by atoms with Crippen molar-refractivity contribution in [3.05, 3.63) is 58.3 Å². The monoisotopic (exact) mass is 367 g/mol. The molecule has 1 aromatic carbocycles. The van der Waals surface area contributed by atoms with Crippen LogP contribution in [0.3, 0.4) is 0 Å². The van der Waals surface area contributed by atoms with E-state index < -0.39 is 17.4 Å².